The number of carboxylic acids is 1. The summed E-state index contributed by atoms with van der Waals surface area (Å²) in [7, 11) is 8.74. The molecule has 0 bridgehead atoms. The largest absolute Gasteiger partial charge is 0.478 e. The van der Waals surface area contributed by atoms with E-state index in [1.807, 2.05) is 50.2 Å². The van der Waals surface area contributed by atoms with Crippen LogP contribution in [0.4, 0.5) is 0 Å². The number of esters is 1. The van der Waals surface area contributed by atoms with Gasteiger partial charge in [0.15, 0.2) is 0 Å². The molecular formula is C26H29Cl3O6S. The maximum absolute atomic E-state index is 11.0. The molecule has 0 saturated carbocycles. The Balaban J connectivity index is 0. The zero-order valence-electron chi connectivity index (χ0n) is 19.5. The maximum atomic E-state index is 11.0. The van der Waals surface area contributed by atoms with Gasteiger partial charge >= 0.3 is 11.9 Å². The van der Waals surface area contributed by atoms with Crippen molar-refractivity contribution < 1.29 is 28.4 Å². The number of carbonyl (C=O) groups excluding carboxylic acids is 2. The van der Waals surface area contributed by atoms with Gasteiger partial charge in [-0.15, -0.1) is 0 Å². The van der Waals surface area contributed by atoms with Gasteiger partial charge in [0.05, 0.1) is 18.2 Å². The van der Waals surface area contributed by atoms with Crippen LogP contribution in [0.15, 0.2) is 72.8 Å². The minimum atomic E-state index is -1.67. The van der Waals surface area contributed by atoms with Crippen molar-refractivity contribution in [3.05, 3.63) is 106 Å². The Hall–Kier alpha value is -2.71. The number of methoxy groups -OCH3 is 1. The first-order valence-corrected chi connectivity index (χ1v) is 13.0. The number of halogens is 3. The van der Waals surface area contributed by atoms with Gasteiger partial charge in [-0.1, -0.05) is 62.0 Å². The monoisotopic (exact) mass is 574 g/mol. The minimum Gasteiger partial charge on any atom is -0.478 e. The van der Waals surface area contributed by atoms with Gasteiger partial charge < -0.3 is 9.84 Å². The van der Waals surface area contributed by atoms with Crippen LogP contribution in [0.5, 0.6) is 0 Å². The van der Waals surface area contributed by atoms with E-state index in [9.17, 15) is 14.4 Å². The lowest BCUT2D eigenvalue weighted by molar-refractivity contribution is 0.0599. The van der Waals surface area contributed by atoms with Crippen LogP contribution in [0.2, 0.25) is 0 Å². The number of carboxylic acid groups (broad SMARTS) is 1. The third kappa shape index (κ3) is 14.6. The van der Waals surface area contributed by atoms with E-state index in [2.05, 4.69) is 26.1 Å². The Labute approximate surface area is 228 Å². The molecule has 10 heteroatoms. The lowest BCUT2D eigenvalue weighted by Crippen LogP contribution is -2.02. The van der Waals surface area contributed by atoms with E-state index in [1.54, 1.807) is 43.3 Å². The number of aryl methyl sites for hydroxylation is 3. The minimum absolute atomic E-state index is 0. The molecule has 3 aromatic rings. The highest BCUT2D eigenvalue weighted by Gasteiger charge is 2.06. The molecule has 0 aliphatic heterocycles. The number of ether oxygens (including phenoxy) is 1. The smallest absolute Gasteiger partial charge is 0.338 e. The second kappa shape index (κ2) is 19.5. The Morgan fingerprint density at radius 1 is 0.722 bits per heavy atom. The summed E-state index contributed by atoms with van der Waals surface area (Å²) in [5.41, 5.74) is 4.26. The summed E-state index contributed by atoms with van der Waals surface area (Å²) in [6.07, 6.45) is 0. The molecule has 0 aromatic heterocycles. The van der Waals surface area contributed by atoms with E-state index in [0.29, 0.717) is 16.7 Å². The molecule has 196 valence electrons. The number of hydrogen-bond donors (Lipinski definition) is 1. The van der Waals surface area contributed by atoms with Gasteiger partial charge in [-0.25, -0.2) is 13.8 Å². The summed E-state index contributed by atoms with van der Waals surface area (Å²) in [5.74, 6) is -1.14. The van der Waals surface area contributed by atoms with Crippen LogP contribution < -0.4 is 0 Å². The van der Waals surface area contributed by atoms with Gasteiger partial charge in [-0.05, 0) is 67.3 Å². The standard InChI is InChI=1S/C9H10O2.C8H7ClO.C8H8O2.CH4.Cl2OS/c1-7-5-3-4-6-8(7)9(10)11-2;2*1-6-4-2-3-5-7(6)8(9)10;;1-4(2)3/h3-6H,1-2H3;2-5H,1H3;2-5H,1H3,(H,9,10);1H4;. The zero-order valence-corrected chi connectivity index (χ0v) is 22.5. The van der Waals surface area contributed by atoms with Crippen molar-refractivity contribution in [2.45, 2.75) is 28.2 Å². The fourth-order valence-electron chi connectivity index (χ4n) is 2.52. The molecule has 0 aliphatic rings. The van der Waals surface area contributed by atoms with Crippen LogP contribution in [0.25, 0.3) is 0 Å². The Bertz CT molecular complexity index is 1090. The first-order valence-electron chi connectivity index (χ1n) is 9.84. The quantitative estimate of drug-likeness (QED) is 0.256. The van der Waals surface area contributed by atoms with E-state index in [0.717, 1.165) is 16.7 Å². The first kappa shape index (κ1) is 35.5. The predicted molar refractivity (Wildman–Crippen MR) is 149 cm³/mol. The molecule has 0 spiro atoms. The fraction of sp³-hybridized carbons (Fsp3) is 0.192. The molecule has 0 unspecified atom stereocenters. The fourth-order valence-corrected chi connectivity index (χ4v) is 2.73. The molecule has 0 saturated heterocycles. The predicted octanol–water partition coefficient (Wildman–Crippen LogP) is 7.53. The number of rotatable bonds is 3. The molecule has 3 aromatic carbocycles. The van der Waals surface area contributed by atoms with Gasteiger partial charge in [0.25, 0.3) is 5.24 Å². The van der Waals surface area contributed by atoms with Crippen molar-refractivity contribution in [1.82, 2.24) is 0 Å². The summed E-state index contributed by atoms with van der Waals surface area (Å²) in [6.45, 7) is 5.52. The van der Waals surface area contributed by atoms with E-state index in [-0.39, 0.29) is 13.4 Å². The SMILES string of the molecule is C.COC(=O)c1ccccc1C.Cc1ccccc1C(=O)Cl.Cc1ccccc1C(=O)O.O=S(Cl)Cl. The van der Waals surface area contributed by atoms with Crippen molar-refractivity contribution in [2.75, 3.05) is 7.11 Å². The second-order valence-corrected chi connectivity index (χ2v) is 9.57. The van der Waals surface area contributed by atoms with Gasteiger partial charge in [0.1, 0.15) is 0 Å². The molecule has 0 amide bonds. The third-order valence-electron chi connectivity index (χ3n) is 4.28. The van der Waals surface area contributed by atoms with Crippen molar-refractivity contribution >= 4 is 59.4 Å². The highest BCUT2D eigenvalue weighted by molar-refractivity contribution is 8.26. The topological polar surface area (TPSA) is 97.7 Å². The summed E-state index contributed by atoms with van der Waals surface area (Å²) < 4.78 is 13.7. The maximum Gasteiger partial charge on any atom is 0.338 e. The number of aromatic carboxylic acids is 1. The summed E-state index contributed by atoms with van der Waals surface area (Å²) >= 11 is 5.27. The van der Waals surface area contributed by atoms with Crippen molar-refractivity contribution in [2.24, 2.45) is 0 Å². The van der Waals surface area contributed by atoms with Gasteiger partial charge in [-0.3, -0.25) is 4.79 Å². The van der Waals surface area contributed by atoms with E-state index in [4.69, 9.17) is 20.9 Å². The summed E-state index contributed by atoms with van der Waals surface area (Å²) in [6, 6.07) is 21.5. The summed E-state index contributed by atoms with van der Waals surface area (Å²) in [4.78, 5) is 32.1. The van der Waals surface area contributed by atoms with Crippen molar-refractivity contribution in [3.8, 4) is 0 Å². The highest BCUT2D eigenvalue weighted by atomic mass is 36.0. The number of hydrogen-bond acceptors (Lipinski definition) is 5. The normalized spacial score (nSPS) is 9.00. The number of carbonyl (C=O) groups is 3. The molecule has 6 nitrogen and oxygen atoms in total. The second-order valence-electron chi connectivity index (χ2n) is 6.70. The molecule has 0 atom stereocenters. The lowest BCUT2D eigenvalue weighted by Gasteiger charge is -2.00. The van der Waals surface area contributed by atoms with Crippen molar-refractivity contribution in [1.29, 1.82) is 0 Å². The molecule has 0 aliphatic carbocycles. The molecule has 0 radical (unpaired) electrons. The van der Waals surface area contributed by atoms with Crippen LogP contribution in [-0.4, -0.2) is 33.6 Å². The van der Waals surface area contributed by atoms with E-state index in [1.165, 1.54) is 7.11 Å². The van der Waals surface area contributed by atoms with Gasteiger partial charge in [-0.2, -0.15) is 0 Å². The molecule has 36 heavy (non-hydrogen) atoms. The Morgan fingerprint density at radius 2 is 1.03 bits per heavy atom. The lowest BCUT2D eigenvalue weighted by atomic mass is 10.1. The molecule has 0 fully saturated rings. The van der Waals surface area contributed by atoms with Crippen LogP contribution in [-0.2, 0) is 14.0 Å². The van der Waals surface area contributed by atoms with E-state index >= 15 is 0 Å². The molecule has 3 rings (SSSR count). The zero-order chi connectivity index (χ0) is 27.0. The van der Waals surface area contributed by atoms with Crippen LogP contribution in [0.1, 0.15) is 55.2 Å². The van der Waals surface area contributed by atoms with Gasteiger partial charge in [0, 0.05) is 26.9 Å². The molecular weight excluding hydrogens is 547 g/mol. The third-order valence-corrected chi connectivity index (χ3v) is 4.49. The first-order chi connectivity index (χ1) is 16.4. The number of benzene rings is 3. The Morgan fingerprint density at radius 3 is 1.25 bits per heavy atom. The summed E-state index contributed by atoms with van der Waals surface area (Å²) in [5, 5.41) is 8.17. The average Bonchev–Trinajstić information content (AvgIpc) is 2.79. The van der Waals surface area contributed by atoms with Crippen LogP contribution in [0.3, 0.4) is 0 Å². The van der Waals surface area contributed by atoms with Gasteiger partial charge in [0.2, 0.25) is 9.23 Å². The van der Waals surface area contributed by atoms with Crippen molar-refractivity contribution in [3.63, 3.8) is 0 Å². The van der Waals surface area contributed by atoms with Crippen LogP contribution in [0, 0.1) is 20.8 Å². The molecule has 0 heterocycles. The highest BCUT2D eigenvalue weighted by Crippen LogP contribution is 2.09. The molecule has 1 N–H and O–H groups in total. The van der Waals surface area contributed by atoms with Crippen LogP contribution >= 0.6 is 33.0 Å². The Kier molecular flexibility index (Phi) is 19.2. The average molecular weight is 576 g/mol. The van der Waals surface area contributed by atoms with E-state index < -0.39 is 20.4 Å².